The van der Waals surface area contributed by atoms with Gasteiger partial charge in [-0.1, -0.05) is 51.7 Å². The maximum atomic E-state index is 6.55. The molecule has 51 heavy (non-hydrogen) atoms. The molecule has 0 radical (unpaired) electrons. The average Bonchev–Trinajstić information content (AvgIpc) is 3.79. The third-order valence-corrected chi connectivity index (χ3v) is 14.7. The molecule has 0 N–H and O–H groups in total. The zero-order valence-corrected chi connectivity index (χ0v) is 34.2. The summed E-state index contributed by atoms with van der Waals surface area (Å²) >= 11 is 0. The van der Waals surface area contributed by atoms with E-state index in [2.05, 4.69) is 76.0 Å². The van der Waals surface area contributed by atoms with Crippen molar-refractivity contribution >= 4 is 37.1 Å². The highest BCUT2D eigenvalue weighted by Gasteiger charge is 2.42. The fourth-order valence-electron chi connectivity index (χ4n) is 6.85. The minimum Gasteiger partial charge on any atom is -0.496 e. The molecule has 280 valence electrons. The Labute approximate surface area is 305 Å². The van der Waals surface area contributed by atoms with Crippen LogP contribution in [0.4, 0.5) is 0 Å². The van der Waals surface area contributed by atoms with Gasteiger partial charge >= 0.3 is 0 Å². The van der Waals surface area contributed by atoms with Crippen molar-refractivity contribution in [2.24, 2.45) is 0 Å². The molecule has 5 rings (SSSR count). The quantitative estimate of drug-likeness (QED) is 0.109. The van der Waals surface area contributed by atoms with E-state index in [1.807, 2.05) is 13.8 Å². The van der Waals surface area contributed by atoms with E-state index in [0.29, 0.717) is 49.4 Å². The zero-order chi connectivity index (χ0) is 37.1. The van der Waals surface area contributed by atoms with Crippen LogP contribution in [0.2, 0.25) is 19.6 Å². The van der Waals surface area contributed by atoms with Crippen LogP contribution in [-0.4, -0.2) is 88.4 Å². The summed E-state index contributed by atoms with van der Waals surface area (Å²) in [6.45, 7) is 17.3. The van der Waals surface area contributed by atoms with Gasteiger partial charge in [-0.3, -0.25) is 0 Å². The van der Waals surface area contributed by atoms with E-state index >= 15 is 0 Å². The van der Waals surface area contributed by atoms with Gasteiger partial charge < -0.3 is 47.4 Å². The Morgan fingerprint density at radius 1 is 0.667 bits per heavy atom. The number of para-hydroxylation sites is 1. The van der Waals surface area contributed by atoms with Crippen LogP contribution in [0.3, 0.4) is 0 Å². The largest absolute Gasteiger partial charge is 0.496 e. The second kappa shape index (κ2) is 16.0. The Morgan fingerprint density at radius 2 is 1.06 bits per heavy atom. The van der Waals surface area contributed by atoms with Crippen LogP contribution in [0.1, 0.15) is 50.7 Å². The van der Waals surface area contributed by atoms with Crippen LogP contribution < -0.4 is 44.8 Å². The maximum absolute atomic E-state index is 6.55. The van der Waals surface area contributed by atoms with Gasteiger partial charge in [-0.2, -0.15) is 0 Å². The first kappa shape index (κ1) is 39.3. The van der Waals surface area contributed by atoms with Crippen LogP contribution in [0.25, 0.3) is 0 Å². The van der Waals surface area contributed by atoms with Crippen molar-refractivity contribution in [1.29, 1.82) is 0 Å². The van der Waals surface area contributed by atoms with E-state index in [0.717, 1.165) is 32.8 Å². The van der Waals surface area contributed by atoms with Crippen LogP contribution in [0.15, 0.2) is 42.5 Å². The lowest BCUT2D eigenvalue weighted by atomic mass is 9.92. The van der Waals surface area contributed by atoms with E-state index < -0.39 is 27.6 Å². The molecular weight excluding hydrogens is 687 g/mol. The molecule has 2 unspecified atom stereocenters. The molecule has 2 aliphatic rings. The summed E-state index contributed by atoms with van der Waals surface area (Å²) in [6.07, 6.45) is 0. The van der Waals surface area contributed by atoms with Gasteiger partial charge in [-0.25, -0.2) is 0 Å². The van der Waals surface area contributed by atoms with Crippen LogP contribution in [0.5, 0.6) is 28.7 Å². The first-order valence-electron chi connectivity index (χ1n) is 17.4. The molecule has 2 aliphatic heterocycles. The lowest BCUT2D eigenvalue weighted by Crippen LogP contribution is -2.41. The molecule has 2 heterocycles. The predicted molar refractivity (Wildman–Crippen MR) is 204 cm³/mol. The summed E-state index contributed by atoms with van der Waals surface area (Å²) in [5.41, 5.74) is 1.93. The maximum Gasteiger partial charge on any atom is 0.188 e. The Kier molecular flexibility index (Phi) is 12.3. The number of methoxy groups -OCH3 is 5. The minimum atomic E-state index is -1.94. The zero-order valence-electron chi connectivity index (χ0n) is 32.3. The molecule has 0 aromatic heterocycles. The Balaban J connectivity index is 1.85. The van der Waals surface area contributed by atoms with Gasteiger partial charge in [0.05, 0.1) is 73.5 Å². The summed E-state index contributed by atoms with van der Waals surface area (Å²) < 4.78 is 61.5. The van der Waals surface area contributed by atoms with Gasteiger partial charge in [0.2, 0.25) is 0 Å². The molecule has 12 heteroatoms. The predicted octanol–water partition coefficient (Wildman–Crippen LogP) is 5.74. The van der Waals surface area contributed by atoms with Crippen LogP contribution in [-0.2, 0) is 23.7 Å². The summed E-state index contributed by atoms with van der Waals surface area (Å²) in [4.78, 5) is 0. The Bertz CT molecular complexity index is 1520. The SMILES string of the molecule is COCOc1c(P(c2c(OC)cc(C(C)C3(C)OCCO3)cc2OC)c2c(OC)cc(C(C)C3(C)OCCO3)cc2OC)cccc1[Si](C)(C)C. The van der Waals surface area contributed by atoms with Crippen molar-refractivity contribution < 1.29 is 47.4 Å². The highest BCUT2D eigenvalue weighted by Crippen LogP contribution is 2.50. The first-order valence-corrected chi connectivity index (χ1v) is 22.2. The van der Waals surface area contributed by atoms with Gasteiger partial charge in [0.25, 0.3) is 0 Å². The van der Waals surface area contributed by atoms with Crippen molar-refractivity contribution in [3.8, 4) is 28.7 Å². The van der Waals surface area contributed by atoms with Gasteiger partial charge in [-0.15, -0.1) is 0 Å². The summed E-state index contributed by atoms with van der Waals surface area (Å²) in [5.74, 6) is 1.60. The smallest absolute Gasteiger partial charge is 0.188 e. The lowest BCUT2D eigenvalue weighted by Gasteiger charge is -2.33. The fraction of sp³-hybridized carbons (Fsp3) is 0.538. The molecular formula is C39H55O10PSi. The molecule has 0 aliphatic carbocycles. The Morgan fingerprint density at radius 3 is 1.39 bits per heavy atom. The van der Waals surface area contributed by atoms with Gasteiger partial charge in [0.15, 0.2) is 18.4 Å². The van der Waals surface area contributed by atoms with Crippen molar-refractivity contribution in [3.05, 3.63) is 53.6 Å². The number of rotatable bonds is 15. The molecule has 0 amide bonds. The number of hydrogen-bond donors (Lipinski definition) is 0. The third kappa shape index (κ3) is 7.76. The summed E-state index contributed by atoms with van der Waals surface area (Å²) in [7, 11) is 4.90. The van der Waals surface area contributed by atoms with E-state index in [1.165, 1.54) is 5.19 Å². The van der Waals surface area contributed by atoms with Crippen molar-refractivity contribution in [3.63, 3.8) is 0 Å². The fourth-order valence-corrected chi connectivity index (χ4v) is 11.3. The standard InChI is InChI=1S/C39H55O10PSi/c1-25(38(3)46-16-17-47-38)27-20-29(41-6)36(30(21-27)42-7)50(33-14-13-15-34(51(10,11)12)35(33)45-24-40-5)37-31(43-8)22-28(23-32(37)44-9)26(2)39(4)48-18-19-49-39/h13-15,20-23,25-26H,16-19,24H2,1-12H3. The van der Waals surface area contributed by atoms with Gasteiger partial charge in [0, 0.05) is 32.2 Å². The van der Waals surface area contributed by atoms with Gasteiger partial charge in [0.1, 0.15) is 28.7 Å². The summed E-state index contributed by atoms with van der Waals surface area (Å²) in [6, 6.07) is 14.7. The number of benzene rings is 3. The minimum absolute atomic E-state index is 0.0876. The Hall–Kier alpha value is -2.89. The van der Waals surface area contributed by atoms with E-state index in [4.69, 9.17) is 47.4 Å². The van der Waals surface area contributed by atoms with Crippen LogP contribution >= 0.6 is 7.92 Å². The molecule has 3 aromatic carbocycles. The van der Waals surface area contributed by atoms with Crippen molar-refractivity contribution in [2.75, 3.05) is 68.8 Å². The monoisotopic (exact) mass is 742 g/mol. The second-order valence-corrected chi connectivity index (χ2v) is 21.3. The first-order chi connectivity index (χ1) is 24.3. The molecule has 2 atom stereocenters. The molecule has 3 aromatic rings. The van der Waals surface area contributed by atoms with E-state index in [1.54, 1.807) is 35.5 Å². The van der Waals surface area contributed by atoms with Gasteiger partial charge in [-0.05, 0) is 54.4 Å². The summed E-state index contributed by atoms with van der Waals surface area (Å²) in [5, 5.41) is 3.83. The molecule has 10 nitrogen and oxygen atoms in total. The number of ether oxygens (including phenoxy) is 10. The highest BCUT2D eigenvalue weighted by molar-refractivity contribution is 7.80. The molecule has 0 spiro atoms. The van der Waals surface area contributed by atoms with E-state index in [-0.39, 0.29) is 18.6 Å². The van der Waals surface area contributed by atoms with Crippen molar-refractivity contribution in [2.45, 2.75) is 70.7 Å². The normalized spacial score (nSPS) is 18.6. The van der Waals surface area contributed by atoms with E-state index in [9.17, 15) is 0 Å². The highest BCUT2D eigenvalue weighted by atomic mass is 31.1. The van der Waals surface area contributed by atoms with Crippen LogP contribution in [0, 0.1) is 0 Å². The lowest BCUT2D eigenvalue weighted by molar-refractivity contribution is -0.157. The molecule has 0 saturated carbocycles. The number of hydrogen-bond acceptors (Lipinski definition) is 10. The topological polar surface area (TPSA) is 92.3 Å². The molecule has 0 bridgehead atoms. The average molecular weight is 743 g/mol. The molecule has 2 fully saturated rings. The second-order valence-electron chi connectivity index (χ2n) is 14.2. The molecule has 2 saturated heterocycles. The third-order valence-electron chi connectivity index (χ3n) is 10.1. The van der Waals surface area contributed by atoms with Crippen molar-refractivity contribution in [1.82, 2.24) is 0 Å².